The zero-order valence-corrected chi connectivity index (χ0v) is 19.7. The number of nitrogens with two attached hydrogens (primary N) is 1. The molecule has 0 bridgehead atoms. The maximum absolute atomic E-state index is 12.0. The number of nitrogen functional groups attached to an aromatic ring is 1. The largest absolute Gasteiger partial charge is 0.756 e. The van der Waals surface area contributed by atoms with Crippen LogP contribution in [-0.2, 0) is 32.0 Å². The van der Waals surface area contributed by atoms with Crippen molar-refractivity contribution in [2.24, 2.45) is 0 Å². The van der Waals surface area contributed by atoms with Crippen LogP contribution in [0.4, 0.5) is 5.82 Å². The molecule has 0 saturated carbocycles. The van der Waals surface area contributed by atoms with E-state index in [1.54, 1.807) is 0 Å². The summed E-state index contributed by atoms with van der Waals surface area (Å²) in [6, 6.07) is 1.19. The Morgan fingerprint density at radius 1 is 1.00 bits per heavy atom. The molecule has 21 heteroatoms. The Morgan fingerprint density at radius 2 is 1.64 bits per heavy atom. The fraction of sp³-hybridized carbons (Fsp3) is 0.733. The molecule has 2 saturated heterocycles. The lowest BCUT2D eigenvalue weighted by atomic mass is 10.00. The van der Waals surface area contributed by atoms with Gasteiger partial charge in [0, 0.05) is 6.20 Å². The van der Waals surface area contributed by atoms with Crippen molar-refractivity contribution in [1.82, 2.24) is 9.55 Å². The van der Waals surface area contributed by atoms with E-state index >= 15 is 0 Å². The summed E-state index contributed by atoms with van der Waals surface area (Å²) in [4.78, 5) is 39.4. The van der Waals surface area contributed by atoms with Gasteiger partial charge in [-0.25, -0.2) is 9.11 Å². The first-order valence-electron chi connectivity index (χ1n) is 9.99. The Morgan fingerprint density at radius 3 is 2.25 bits per heavy atom. The molecule has 0 aliphatic carbocycles. The number of aliphatic hydroxyl groups is 6. The van der Waals surface area contributed by atoms with Crippen molar-refractivity contribution in [3.63, 3.8) is 0 Å². The molecule has 0 aromatic carbocycles. The summed E-state index contributed by atoms with van der Waals surface area (Å²) in [6.45, 7) is -2.01. The van der Waals surface area contributed by atoms with Crippen LogP contribution in [-0.4, -0.2) is 102 Å². The molecule has 0 spiro atoms. The molecule has 3 rings (SSSR count). The third-order valence-electron chi connectivity index (χ3n) is 5.14. The molecule has 2 fully saturated rings. The first-order valence-corrected chi connectivity index (χ1v) is 12.9. The van der Waals surface area contributed by atoms with Crippen LogP contribution in [0.15, 0.2) is 17.1 Å². The van der Waals surface area contributed by atoms with Gasteiger partial charge in [-0.05, 0) is 6.07 Å². The van der Waals surface area contributed by atoms with Crippen LogP contribution in [0.1, 0.15) is 6.23 Å². The Labute approximate surface area is 201 Å². The van der Waals surface area contributed by atoms with Crippen LogP contribution in [0.3, 0.4) is 0 Å². The smallest absolute Gasteiger partial charge is 0.351 e. The SMILES string of the molecule is Nc1ccn([C@@H]2O[C@H](COP(=O)([O-])OP(=O)([O-])O[C@H]3OC(CO)[C@@H](O)[C@H](O)C3O)C(O)[C@@H]2O)c(=O)n1. The van der Waals surface area contributed by atoms with E-state index in [1.807, 2.05) is 0 Å². The summed E-state index contributed by atoms with van der Waals surface area (Å²) in [7, 11) is -11.7. The fourth-order valence-electron chi connectivity index (χ4n) is 3.33. The lowest BCUT2D eigenvalue weighted by molar-refractivity contribution is -0.305. The van der Waals surface area contributed by atoms with E-state index in [-0.39, 0.29) is 5.82 Å². The molecule has 0 amide bonds. The number of nitrogens with zero attached hydrogens (tertiary/aromatic N) is 2. The molecule has 2 aliphatic heterocycles. The first kappa shape index (κ1) is 29.2. The molecule has 206 valence electrons. The highest BCUT2D eigenvalue weighted by Crippen LogP contribution is 2.57. The standard InChI is InChI=1S/C15H25N3O16P2/c16-7-1-2-18(15(25)17-7)13-11(23)9(21)6(31-13)4-30-35(26,27)34-36(28,29)33-14-12(24)10(22)8(20)5(3-19)32-14/h1-2,5-6,8-14,19-24H,3-4H2,(H,26,27)(H,28,29)(H2,16,17,25)/p-2/t5?,6-,8-,9?,10+,11+,12?,13-,14-/m1/s1. The summed E-state index contributed by atoms with van der Waals surface area (Å²) in [5.41, 5.74) is 4.41. The molecule has 1 aromatic rings. The minimum Gasteiger partial charge on any atom is -0.756 e. The second-order valence-electron chi connectivity index (χ2n) is 7.66. The van der Waals surface area contributed by atoms with Gasteiger partial charge in [-0.1, -0.05) is 0 Å². The van der Waals surface area contributed by atoms with Gasteiger partial charge in [0.15, 0.2) is 12.5 Å². The molecular formula is C15H23N3O16P2-2. The van der Waals surface area contributed by atoms with Gasteiger partial charge in [0.25, 0.3) is 15.6 Å². The normalized spacial score (nSPS) is 38.4. The molecular weight excluding hydrogens is 540 g/mol. The third kappa shape index (κ3) is 6.54. The van der Waals surface area contributed by atoms with Crippen LogP contribution in [0.25, 0.3) is 0 Å². The minimum absolute atomic E-state index is 0.137. The van der Waals surface area contributed by atoms with Gasteiger partial charge in [0.05, 0.1) is 13.2 Å². The fourth-order valence-corrected chi connectivity index (χ4v) is 5.41. The van der Waals surface area contributed by atoms with Crippen LogP contribution >= 0.6 is 15.6 Å². The zero-order valence-electron chi connectivity index (χ0n) is 17.9. The Kier molecular flexibility index (Phi) is 9.05. The number of anilines is 1. The van der Waals surface area contributed by atoms with Crippen molar-refractivity contribution >= 4 is 21.5 Å². The number of aromatic nitrogens is 2. The van der Waals surface area contributed by atoms with Crippen molar-refractivity contribution in [2.45, 2.75) is 55.2 Å². The van der Waals surface area contributed by atoms with E-state index in [0.29, 0.717) is 0 Å². The summed E-state index contributed by atoms with van der Waals surface area (Å²) < 4.78 is 47.3. The number of aliphatic hydroxyl groups excluding tert-OH is 6. The zero-order chi connectivity index (χ0) is 27.0. The van der Waals surface area contributed by atoms with E-state index in [1.165, 1.54) is 6.07 Å². The maximum Gasteiger partial charge on any atom is 0.351 e. The summed E-state index contributed by atoms with van der Waals surface area (Å²) in [5, 5.41) is 58.5. The average molecular weight is 563 g/mol. The highest BCUT2D eigenvalue weighted by Gasteiger charge is 2.47. The van der Waals surface area contributed by atoms with Gasteiger partial charge < -0.3 is 60.2 Å². The molecule has 19 nitrogen and oxygen atoms in total. The molecule has 8 N–H and O–H groups in total. The monoisotopic (exact) mass is 563 g/mol. The van der Waals surface area contributed by atoms with E-state index < -0.39 is 89.8 Å². The van der Waals surface area contributed by atoms with Crippen molar-refractivity contribution in [2.75, 3.05) is 18.9 Å². The molecule has 2 aliphatic rings. The molecule has 0 radical (unpaired) electrons. The maximum atomic E-state index is 12.0. The number of rotatable bonds is 9. The van der Waals surface area contributed by atoms with Crippen LogP contribution in [0.2, 0.25) is 0 Å². The summed E-state index contributed by atoms with van der Waals surface area (Å²) >= 11 is 0. The minimum atomic E-state index is -5.89. The highest BCUT2D eigenvalue weighted by molar-refractivity contribution is 7.59. The predicted octanol–water partition coefficient (Wildman–Crippen LogP) is -5.77. The molecule has 36 heavy (non-hydrogen) atoms. The van der Waals surface area contributed by atoms with E-state index in [0.717, 1.165) is 10.8 Å². The molecule has 5 unspecified atom stereocenters. The second-order valence-corrected chi connectivity index (χ2v) is 10.6. The summed E-state index contributed by atoms with van der Waals surface area (Å²) in [5.74, 6) is -0.137. The van der Waals surface area contributed by atoms with Crippen LogP contribution in [0.5, 0.6) is 0 Å². The Balaban J connectivity index is 1.61. The lowest BCUT2D eigenvalue weighted by Crippen LogP contribution is -2.59. The molecule has 1 aromatic heterocycles. The van der Waals surface area contributed by atoms with E-state index in [4.69, 9.17) is 20.3 Å². The number of hydrogen-bond acceptors (Lipinski definition) is 18. The van der Waals surface area contributed by atoms with E-state index in [2.05, 4.69) is 18.3 Å². The van der Waals surface area contributed by atoms with Crippen LogP contribution in [0, 0.1) is 0 Å². The topological polar surface area (TPSA) is 309 Å². The van der Waals surface area contributed by atoms with Gasteiger partial charge in [0.2, 0.25) is 0 Å². The van der Waals surface area contributed by atoms with Crippen molar-refractivity contribution < 1.29 is 72.4 Å². The average Bonchev–Trinajstić information content (AvgIpc) is 3.06. The molecule has 11 atom stereocenters. The predicted molar refractivity (Wildman–Crippen MR) is 106 cm³/mol. The Hall–Kier alpha value is -1.38. The number of phosphoric acid groups is 2. The van der Waals surface area contributed by atoms with Gasteiger partial charge >= 0.3 is 5.69 Å². The first-order chi connectivity index (χ1) is 16.7. The molecule has 3 heterocycles. The van der Waals surface area contributed by atoms with Crippen LogP contribution < -0.4 is 21.2 Å². The van der Waals surface area contributed by atoms with Crippen molar-refractivity contribution in [3.8, 4) is 0 Å². The van der Waals surface area contributed by atoms with Gasteiger partial charge in [-0.3, -0.25) is 18.2 Å². The quantitative estimate of drug-likeness (QED) is 0.138. The summed E-state index contributed by atoms with van der Waals surface area (Å²) in [6.07, 6.45) is -15.5. The number of ether oxygens (including phenoxy) is 2. The third-order valence-corrected chi connectivity index (χ3v) is 7.67. The van der Waals surface area contributed by atoms with Crippen molar-refractivity contribution in [3.05, 3.63) is 22.7 Å². The second kappa shape index (κ2) is 11.2. The van der Waals surface area contributed by atoms with E-state index in [9.17, 15) is 49.2 Å². The highest BCUT2D eigenvalue weighted by atomic mass is 31.3. The van der Waals surface area contributed by atoms with Gasteiger partial charge in [-0.15, -0.1) is 0 Å². The number of phosphoric ester groups is 2. The van der Waals surface area contributed by atoms with Crippen molar-refractivity contribution in [1.29, 1.82) is 0 Å². The van der Waals surface area contributed by atoms with Gasteiger partial charge in [-0.2, -0.15) is 4.98 Å². The Bertz CT molecular complexity index is 1070. The van der Waals surface area contributed by atoms with Gasteiger partial charge in [0.1, 0.15) is 48.5 Å². The lowest BCUT2D eigenvalue weighted by Gasteiger charge is -2.41. The number of hydrogen-bond donors (Lipinski definition) is 7.